The molecule has 10 nitrogen and oxygen atoms in total. The molecule has 0 aliphatic carbocycles. The van der Waals surface area contributed by atoms with Crippen molar-refractivity contribution < 1.29 is 0 Å². The number of hydrogen-bond donors (Lipinski definition) is 0. The van der Waals surface area contributed by atoms with Gasteiger partial charge in [-0.05, 0) is 56.2 Å². The third kappa shape index (κ3) is 3.65. The lowest BCUT2D eigenvalue weighted by Crippen LogP contribution is -2.26. The fourth-order valence-electron chi connectivity index (χ4n) is 3.40. The lowest BCUT2D eigenvalue weighted by molar-refractivity contribution is 0.604. The van der Waals surface area contributed by atoms with Gasteiger partial charge in [-0.15, -0.1) is 0 Å². The highest BCUT2D eigenvalue weighted by atomic mass is 16.2. The van der Waals surface area contributed by atoms with Crippen molar-refractivity contribution in [2.45, 2.75) is 13.1 Å². The normalized spacial score (nSPS) is 11.0. The topological polar surface area (TPSA) is 105 Å². The second-order valence-corrected chi connectivity index (χ2v) is 7.10. The number of benzene rings is 3. The van der Waals surface area contributed by atoms with Gasteiger partial charge in [-0.2, -0.15) is 18.7 Å². The van der Waals surface area contributed by atoms with Gasteiger partial charge in [-0.1, -0.05) is 60.7 Å². The number of para-hydroxylation sites is 2. The van der Waals surface area contributed by atoms with Crippen LogP contribution in [0.1, 0.15) is 11.1 Å². The Hall–Kier alpha value is -4.60. The zero-order chi connectivity index (χ0) is 21.9. The molecule has 0 N–H and O–H groups in total. The minimum atomic E-state index is -0.349. The number of aromatic nitrogens is 8. The lowest BCUT2D eigenvalue weighted by atomic mass is 10.1. The third-order valence-corrected chi connectivity index (χ3v) is 5.04. The van der Waals surface area contributed by atoms with Crippen molar-refractivity contribution >= 4 is 0 Å². The van der Waals surface area contributed by atoms with E-state index >= 15 is 0 Å². The van der Waals surface area contributed by atoms with Crippen LogP contribution in [0, 0.1) is 0 Å². The van der Waals surface area contributed by atoms with Crippen LogP contribution in [-0.4, -0.2) is 39.6 Å². The summed E-state index contributed by atoms with van der Waals surface area (Å²) in [6.45, 7) is 0.423. The molecule has 5 rings (SSSR count). The third-order valence-electron chi connectivity index (χ3n) is 5.04. The van der Waals surface area contributed by atoms with E-state index in [0.29, 0.717) is 11.4 Å². The molecule has 0 bridgehead atoms. The van der Waals surface area contributed by atoms with Crippen molar-refractivity contribution in [3.63, 3.8) is 0 Å². The molecule has 0 saturated heterocycles. The summed E-state index contributed by atoms with van der Waals surface area (Å²) in [7, 11) is 0. The SMILES string of the molecule is O=c1n(Cc2ccccc2Cn2nnn(-c3ccccc3)c2=O)nnn1-c1ccccc1. The molecule has 0 aliphatic rings. The van der Waals surface area contributed by atoms with Gasteiger partial charge in [-0.3, -0.25) is 0 Å². The van der Waals surface area contributed by atoms with Gasteiger partial charge >= 0.3 is 11.4 Å². The van der Waals surface area contributed by atoms with Crippen LogP contribution in [0.25, 0.3) is 11.4 Å². The second-order valence-electron chi connectivity index (χ2n) is 7.10. The Morgan fingerprint density at radius 2 is 0.875 bits per heavy atom. The molecule has 10 heteroatoms. The van der Waals surface area contributed by atoms with Gasteiger partial charge in [0.15, 0.2) is 0 Å². The Labute approximate surface area is 181 Å². The Balaban J connectivity index is 1.43. The molecule has 32 heavy (non-hydrogen) atoms. The van der Waals surface area contributed by atoms with E-state index in [2.05, 4.69) is 20.9 Å². The molecular formula is C22H18N8O2. The van der Waals surface area contributed by atoms with Crippen LogP contribution in [0.5, 0.6) is 0 Å². The monoisotopic (exact) mass is 426 g/mol. The molecule has 3 aromatic carbocycles. The van der Waals surface area contributed by atoms with Crippen molar-refractivity contribution in [1.82, 2.24) is 39.6 Å². The maximum atomic E-state index is 12.8. The Kier molecular flexibility index (Phi) is 5.00. The van der Waals surface area contributed by atoms with Crippen molar-refractivity contribution in [3.05, 3.63) is 117 Å². The quantitative estimate of drug-likeness (QED) is 0.405. The molecule has 158 valence electrons. The standard InChI is InChI=1S/C22H18N8O2/c31-21-27(23-25-29(21)19-11-3-1-4-12-19)15-17-9-7-8-10-18(17)16-28-22(32)30(26-24-28)20-13-5-2-6-14-20/h1-14H,15-16H2. The Morgan fingerprint density at radius 1 is 0.500 bits per heavy atom. The average molecular weight is 426 g/mol. The highest BCUT2D eigenvalue weighted by Crippen LogP contribution is 2.11. The van der Waals surface area contributed by atoms with Crippen LogP contribution >= 0.6 is 0 Å². The first-order chi connectivity index (χ1) is 15.7. The van der Waals surface area contributed by atoms with Crippen LogP contribution in [0.15, 0.2) is 94.5 Å². The maximum Gasteiger partial charge on any atom is 0.368 e. The van der Waals surface area contributed by atoms with Gasteiger partial charge in [0.2, 0.25) is 0 Å². The fourth-order valence-corrected chi connectivity index (χ4v) is 3.40. The smallest absolute Gasteiger partial charge is 0.244 e. The highest BCUT2D eigenvalue weighted by Gasteiger charge is 2.14. The van der Waals surface area contributed by atoms with E-state index in [9.17, 15) is 9.59 Å². The second kappa shape index (κ2) is 8.26. The van der Waals surface area contributed by atoms with Crippen molar-refractivity contribution in [2.75, 3.05) is 0 Å². The summed E-state index contributed by atoms with van der Waals surface area (Å²) >= 11 is 0. The van der Waals surface area contributed by atoms with E-state index < -0.39 is 0 Å². The Morgan fingerprint density at radius 3 is 1.28 bits per heavy atom. The first-order valence-electron chi connectivity index (χ1n) is 9.94. The summed E-state index contributed by atoms with van der Waals surface area (Å²) in [5.74, 6) is 0. The predicted molar refractivity (Wildman–Crippen MR) is 116 cm³/mol. The molecular weight excluding hydrogens is 408 g/mol. The van der Waals surface area contributed by atoms with E-state index in [1.54, 1.807) is 24.3 Å². The molecule has 0 radical (unpaired) electrons. The summed E-state index contributed by atoms with van der Waals surface area (Å²) in [6.07, 6.45) is 0. The van der Waals surface area contributed by atoms with Crippen molar-refractivity contribution in [3.8, 4) is 11.4 Å². The molecule has 0 spiro atoms. The van der Waals surface area contributed by atoms with Crippen LogP contribution in [0.4, 0.5) is 0 Å². The summed E-state index contributed by atoms with van der Waals surface area (Å²) in [6, 6.07) is 25.7. The number of rotatable bonds is 6. The predicted octanol–water partition coefficient (Wildman–Crippen LogP) is 1.27. The van der Waals surface area contributed by atoms with Crippen LogP contribution < -0.4 is 11.4 Å². The zero-order valence-electron chi connectivity index (χ0n) is 16.9. The van der Waals surface area contributed by atoms with E-state index in [1.165, 1.54) is 18.7 Å². The molecule has 2 heterocycles. The lowest BCUT2D eigenvalue weighted by Gasteiger charge is -2.08. The first-order valence-corrected chi connectivity index (χ1v) is 9.94. The Bertz CT molecular complexity index is 1350. The molecule has 0 fully saturated rings. The zero-order valence-corrected chi connectivity index (χ0v) is 16.9. The maximum absolute atomic E-state index is 12.8. The molecule has 0 saturated carbocycles. The molecule has 0 amide bonds. The summed E-state index contributed by atoms with van der Waals surface area (Å²) < 4.78 is 5.07. The van der Waals surface area contributed by atoms with E-state index in [1.807, 2.05) is 60.7 Å². The summed E-state index contributed by atoms with van der Waals surface area (Å²) in [5.41, 5.74) is 2.24. The molecule has 5 aromatic rings. The minimum Gasteiger partial charge on any atom is -0.244 e. The molecule has 0 aliphatic heterocycles. The van der Waals surface area contributed by atoms with Gasteiger partial charge in [-0.25, -0.2) is 9.59 Å². The van der Waals surface area contributed by atoms with E-state index in [-0.39, 0.29) is 24.5 Å². The summed E-state index contributed by atoms with van der Waals surface area (Å²) in [5, 5.41) is 16.0. The number of tetrazole rings is 2. The molecule has 0 atom stereocenters. The average Bonchev–Trinajstić information content (AvgIpc) is 3.38. The molecule has 2 aromatic heterocycles. The minimum absolute atomic E-state index is 0.212. The van der Waals surface area contributed by atoms with Crippen LogP contribution in [-0.2, 0) is 13.1 Å². The van der Waals surface area contributed by atoms with E-state index in [0.717, 1.165) is 11.1 Å². The van der Waals surface area contributed by atoms with E-state index in [4.69, 9.17) is 0 Å². The van der Waals surface area contributed by atoms with Crippen LogP contribution in [0.2, 0.25) is 0 Å². The first kappa shape index (κ1) is 19.4. The van der Waals surface area contributed by atoms with Gasteiger partial charge in [0.25, 0.3) is 0 Å². The van der Waals surface area contributed by atoms with Crippen LogP contribution in [0.3, 0.4) is 0 Å². The van der Waals surface area contributed by atoms with Gasteiger partial charge < -0.3 is 0 Å². The largest absolute Gasteiger partial charge is 0.368 e. The van der Waals surface area contributed by atoms with Gasteiger partial charge in [0.1, 0.15) is 0 Å². The number of nitrogens with zero attached hydrogens (tertiary/aromatic N) is 8. The summed E-state index contributed by atoms with van der Waals surface area (Å²) in [4.78, 5) is 25.6. The fraction of sp³-hybridized carbons (Fsp3) is 0.0909. The van der Waals surface area contributed by atoms with Crippen molar-refractivity contribution in [1.29, 1.82) is 0 Å². The van der Waals surface area contributed by atoms with Gasteiger partial charge in [0.05, 0.1) is 24.5 Å². The molecule has 0 unspecified atom stereocenters. The number of hydrogen-bond acceptors (Lipinski definition) is 6. The van der Waals surface area contributed by atoms with Gasteiger partial charge in [0, 0.05) is 0 Å². The highest BCUT2D eigenvalue weighted by molar-refractivity contribution is 5.31. The van der Waals surface area contributed by atoms with Crippen molar-refractivity contribution in [2.24, 2.45) is 0 Å².